The summed E-state index contributed by atoms with van der Waals surface area (Å²) < 4.78 is 28.8. The number of amides is 1. The molecule has 3 aromatic carbocycles. The molecule has 3 rings (SSSR count). The van der Waals surface area contributed by atoms with Crippen molar-refractivity contribution in [3.63, 3.8) is 0 Å². The summed E-state index contributed by atoms with van der Waals surface area (Å²) in [5.74, 6) is -0.267. The summed E-state index contributed by atoms with van der Waals surface area (Å²) in [5.41, 5.74) is 2.90. The molecule has 0 heterocycles. The lowest BCUT2D eigenvalue weighted by molar-refractivity contribution is -0.130. The molecule has 0 spiro atoms. The van der Waals surface area contributed by atoms with Crippen LogP contribution >= 0.6 is 15.9 Å². The Morgan fingerprint density at radius 1 is 0.839 bits per heavy atom. The lowest BCUT2D eigenvalue weighted by atomic mass is 10.1. The number of halogens is 1. The third-order valence-electron chi connectivity index (χ3n) is 4.93. The molecule has 0 saturated carbocycles. The van der Waals surface area contributed by atoms with E-state index in [1.807, 2.05) is 61.5 Å². The highest BCUT2D eigenvalue weighted by Crippen LogP contribution is 2.21. The molecule has 0 saturated heterocycles. The number of sulfonamides is 1. The number of carbonyl (C=O) groups excluding carboxylic acids is 1. The number of hydrogen-bond donors (Lipinski definition) is 0. The monoisotopic (exact) mass is 500 g/mol. The van der Waals surface area contributed by atoms with Crippen molar-refractivity contribution < 1.29 is 13.2 Å². The van der Waals surface area contributed by atoms with Crippen LogP contribution in [0, 0.1) is 6.92 Å². The molecular formula is C24H25BrN2O3S. The summed E-state index contributed by atoms with van der Waals surface area (Å²) in [7, 11) is -2.18. The standard InChI is InChI=1S/C24H25BrN2O3S/c1-19-8-10-21(11-9-19)17-27(31(29,30)23-14-12-22(25)13-15-23)18-24(28)26(2)16-20-6-4-3-5-7-20/h3-15H,16-18H2,1-2H3. The van der Waals surface area contributed by atoms with Crippen molar-refractivity contribution in [3.8, 4) is 0 Å². The minimum Gasteiger partial charge on any atom is -0.340 e. The molecule has 0 N–H and O–H groups in total. The van der Waals surface area contributed by atoms with E-state index in [0.717, 1.165) is 21.2 Å². The number of benzene rings is 3. The third kappa shape index (κ3) is 6.26. The van der Waals surface area contributed by atoms with Gasteiger partial charge in [-0.2, -0.15) is 4.31 Å². The fraction of sp³-hybridized carbons (Fsp3) is 0.208. The lowest BCUT2D eigenvalue weighted by Gasteiger charge is -2.25. The molecule has 0 atom stereocenters. The number of aryl methyl sites for hydroxylation is 1. The summed E-state index contributed by atoms with van der Waals surface area (Å²) in [5, 5.41) is 0. The zero-order valence-electron chi connectivity index (χ0n) is 17.5. The fourth-order valence-electron chi connectivity index (χ4n) is 3.10. The van der Waals surface area contributed by atoms with Crippen LogP contribution in [0.2, 0.25) is 0 Å². The van der Waals surface area contributed by atoms with Crippen LogP contribution in [-0.4, -0.2) is 37.1 Å². The third-order valence-corrected chi connectivity index (χ3v) is 7.27. The molecule has 5 nitrogen and oxygen atoms in total. The van der Waals surface area contributed by atoms with E-state index in [0.29, 0.717) is 6.54 Å². The molecular weight excluding hydrogens is 476 g/mol. The normalized spacial score (nSPS) is 11.5. The molecule has 162 valence electrons. The highest BCUT2D eigenvalue weighted by atomic mass is 79.9. The van der Waals surface area contributed by atoms with Crippen LogP contribution in [0.5, 0.6) is 0 Å². The first-order valence-corrected chi connectivity index (χ1v) is 12.1. The van der Waals surface area contributed by atoms with E-state index >= 15 is 0 Å². The van der Waals surface area contributed by atoms with Gasteiger partial charge < -0.3 is 4.90 Å². The first-order chi connectivity index (χ1) is 14.8. The van der Waals surface area contributed by atoms with Gasteiger partial charge in [0.25, 0.3) is 0 Å². The first-order valence-electron chi connectivity index (χ1n) is 9.85. The van der Waals surface area contributed by atoms with Crippen LogP contribution < -0.4 is 0 Å². The van der Waals surface area contributed by atoms with E-state index in [4.69, 9.17) is 0 Å². The van der Waals surface area contributed by atoms with Crippen molar-refractivity contribution in [2.24, 2.45) is 0 Å². The number of nitrogens with zero attached hydrogens (tertiary/aromatic N) is 2. The largest absolute Gasteiger partial charge is 0.340 e. The Morgan fingerprint density at radius 3 is 2.03 bits per heavy atom. The number of carbonyl (C=O) groups is 1. The van der Waals surface area contributed by atoms with Crippen molar-refractivity contribution in [3.05, 3.63) is 100 Å². The molecule has 0 unspecified atom stereocenters. The predicted molar refractivity (Wildman–Crippen MR) is 126 cm³/mol. The maximum absolute atomic E-state index is 13.4. The zero-order valence-corrected chi connectivity index (χ0v) is 19.9. The van der Waals surface area contributed by atoms with Gasteiger partial charge in [-0.3, -0.25) is 4.79 Å². The minimum absolute atomic E-state index is 0.115. The lowest BCUT2D eigenvalue weighted by Crippen LogP contribution is -2.40. The number of likely N-dealkylation sites (N-methyl/N-ethyl adjacent to an activating group) is 1. The van der Waals surface area contributed by atoms with E-state index in [2.05, 4.69) is 15.9 Å². The Kier molecular flexibility index (Phi) is 7.64. The van der Waals surface area contributed by atoms with Crippen LogP contribution in [0.15, 0.2) is 88.2 Å². The second kappa shape index (κ2) is 10.2. The average molecular weight is 501 g/mol. The van der Waals surface area contributed by atoms with Crippen LogP contribution in [0.25, 0.3) is 0 Å². The van der Waals surface area contributed by atoms with Gasteiger partial charge in [0.2, 0.25) is 15.9 Å². The van der Waals surface area contributed by atoms with E-state index < -0.39 is 10.0 Å². The topological polar surface area (TPSA) is 57.7 Å². The molecule has 0 radical (unpaired) electrons. The Morgan fingerprint density at radius 2 is 1.42 bits per heavy atom. The number of hydrogen-bond acceptors (Lipinski definition) is 3. The quantitative estimate of drug-likeness (QED) is 0.453. The van der Waals surface area contributed by atoms with Crippen LogP contribution in [0.1, 0.15) is 16.7 Å². The van der Waals surface area contributed by atoms with Gasteiger partial charge in [-0.1, -0.05) is 76.1 Å². The van der Waals surface area contributed by atoms with Gasteiger partial charge in [-0.25, -0.2) is 8.42 Å². The molecule has 0 aliphatic heterocycles. The predicted octanol–water partition coefficient (Wildman–Crippen LogP) is 4.61. The molecule has 0 fully saturated rings. The molecule has 7 heteroatoms. The van der Waals surface area contributed by atoms with Gasteiger partial charge in [-0.05, 0) is 42.3 Å². The van der Waals surface area contributed by atoms with Gasteiger partial charge >= 0.3 is 0 Å². The molecule has 1 amide bonds. The summed E-state index contributed by atoms with van der Waals surface area (Å²) >= 11 is 3.33. The first kappa shape index (κ1) is 23.2. The van der Waals surface area contributed by atoms with Crippen molar-refractivity contribution in [1.29, 1.82) is 0 Å². The highest BCUT2D eigenvalue weighted by Gasteiger charge is 2.28. The van der Waals surface area contributed by atoms with Crippen LogP contribution in [-0.2, 0) is 27.9 Å². The van der Waals surface area contributed by atoms with E-state index in [1.165, 1.54) is 4.31 Å². The highest BCUT2D eigenvalue weighted by molar-refractivity contribution is 9.10. The average Bonchev–Trinajstić information content (AvgIpc) is 2.75. The SMILES string of the molecule is Cc1ccc(CN(CC(=O)N(C)Cc2ccccc2)S(=O)(=O)c2ccc(Br)cc2)cc1. The summed E-state index contributed by atoms with van der Waals surface area (Å²) in [6, 6.07) is 23.7. The molecule has 0 bridgehead atoms. The Hall–Kier alpha value is -2.48. The van der Waals surface area contributed by atoms with E-state index in [1.54, 1.807) is 36.2 Å². The summed E-state index contributed by atoms with van der Waals surface area (Å²) in [4.78, 5) is 14.7. The van der Waals surface area contributed by atoms with Crippen molar-refractivity contribution in [1.82, 2.24) is 9.21 Å². The summed E-state index contributed by atoms with van der Waals surface area (Å²) in [6.45, 7) is 2.26. The van der Waals surface area contributed by atoms with Crippen LogP contribution in [0.3, 0.4) is 0 Å². The second-order valence-corrected chi connectivity index (χ2v) is 10.3. The summed E-state index contributed by atoms with van der Waals surface area (Å²) in [6.07, 6.45) is 0. The van der Waals surface area contributed by atoms with Crippen molar-refractivity contribution >= 4 is 31.9 Å². The Balaban J connectivity index is 1.85. The van der Waals surface area contributed by atoms with Gasteiger partial charge in [0.1, 0.15) is 0 Å². The Bertz CT molecular complexity index is 1120. The van der Waals surface area contributed by atoms with Gasteiger partial charge in [0.15, 0.2) is 0 Å². The van der Waals surface area contributed by atoms with Gasteiger partial charge in [0.05, 0.1) is 11.4 Å². The number of rotatable bonds is 8. The van der Waals surface area contributed by atoms with Gasteiger partial charge in [0, 0.05) is 24.6 Å². The van der Waals surface area contributed by atoms with Crippen LogP contribution in [0.4, 0.5) is 0 Å². The maximum atomic E-state index is 13.4. The Labute approximate surface area is 192 Å². The molecule has 3 aromatic rings. The smallest absolute Gasteiger partial charge is 0.243 e. The van der Waals surface area contributed by atoms with Crippen molar-refractivity contribution in [2.75, 3.05) is 13.6 Å². The molecule has 0 aliphatic rings. The van der Waals surface area contributed by atoms with E-state index in [-0.39, 0.29) is 23.9 Å². The molecule has 31 heavy (non-hydrogen) atoms. The van der Waals surface area contributed by atoms with E-state index in [9.17, 15) is 13.2 Å². The maximum Gasteiger partial charge on any atom is 0.243 e. The molecule has 0 aliphatic carbocycles. The molecule has 0 aromatic heterocycles. The van der Waals surface area contributed by atoms with Crippen molar-refractivity contribution in [2.45, 2.75) is 24.9 Å². The minimum atomic E-state index is -3.86. The zero-order chi connectivity index (χ0) is 22.4. The van der Waals surface area contributed by atoms with Gasteiger partial charge in [-0.15, -0.1) is 0 Å². The second-order valence-electron chi connectivity index (χ2n) is 7.45. The fourth-order valence-corrected chi connectivity index (χ4v) is 4.74.